The molecule has 1 unspecified atom stereocenters. The van der Waals surface area contributed by atoms with Crippen LogP contribution in [0.1, 0.15) is 11.6 Å². The third-order valence-electron chi connectivity index (χ3n) is 3.36. The molecule has 0 aromatic heterocycles. The van der Waals surface area contributed by atoms with Gasteiger partial charge in [-0.25, -0.2) is 4.39 Å². The molecule has 2 aromatic rings. The largest absolute Gasteiger partial charge is 0.476 e. The molecule has 1 atom stereocenters. The summed E-state index contributed by atoms with van der Waals surface area (Å²) < 4.78 is 18.7. The van der Waals surface area contributed by atoms with E-state index in [-0.39, 0.29) is 18.3 Å². The number of amides is 1. The summed E-state index contributed by atoms with van der Waals surface area (Å²) in [5, 5.41) is 11.7. The van der Waals surface area contributed by atoms with E-state index in [1.807, 2.05) is 36.4 Å². The van der Waals surface area contributed by atoms with Gasteiger partial charge in [0.15, 0.2) is 6.61 Å². The maximum Gasteiger partial charge on any atom is 0.249 e. The predicted octanol–water partition coefficient (Wildman–Crippen LogP) is 2.97. The van der Waals surface area contributed by atoms with E-state index < -0.39 is 11.9 Å². The van der Waals surface area contributed by atoms with Gasteiger partial charge < -0.3 is 15.0 Å². The normalized spacial score (nSPS) is 11.2. The Morgan fingerprint density at radius 1 is 1.29 bits per heavy atom. The number of halogens is 1. The van der Waals surface area contributed by atoms with Gasteiger partial charge in [-0.05, 0) is 17.7 Å². The summed E-state index contributed by atoms with van der Waals surface area (Å²) in [5.74, 6) is -0.454. The number of benzene rings is 2. The van der Waals surface area contributed by atoms with Gasteiger partial charge >= 0.3 is 0 Å². The summed E-state index contributed by atoms with van der Waals surface area (Å²) >= 11 is 0. The highest BCUT2D eigenvalue weighted by atomic mass is 19.1. The Labute approximate surface area is 140 Å². The lowest BCUT2D eigenvalue weighted by Crippen LogP contribution is -2.32. The van der Waals surface area contributed by atoms with Gasteiger partial charge in [-0.3, -0.25) is 4.79 Å². The van der Waals surface area contributed by atoms with Crippen LogP contribution in [0.2, 0.25) is 0 Å². The second-order valence-corrected chi connectivity index (χ2v) is 5.31. The van der Waals surface area contributed by atoms with Crippen LogP contribution < -0.4 is 10.1 Å². The van der Waals surface area contributed by atoms with Crippen LogP contribution >= 0.6 is 0 Å². The van der Waals surface area contributed by atoms with E-state index in [0.29, 0.717) is 5.69 Å². The van der Waals surface area contributed by atoms with Crippen LogP contribution in [0.15, 0.2) is 48.5 Å². The van der Waals surface area contributed by atoms with Gasteiger partial charge in [-0.2, -0.15) is 5.26 Å². The molecule has 0 aliphatic rings. The molecule has 0 spiro atoms. The number of nitrogens with zero attached hydrogens (tertiary/aromatic N) is 2. The van der Waals surface area contributed by atoms with E-state index in [2.05, 4.69) is 5.32 Å². The lowest BCUT2D eigenvalue weighted by Gasteiger charge is -2.24. The number of hydrogen-bond acceptors (Lipinski definition) is 4. The van der Waals surface area contributed by atoms with Crippen LogP contribution in [-0.2, 0) is 4.79 Å². The van der Waals surface area contributed by atoms with Crippen molar-refractivity contribution >= 4 is 11.6 Å². The second-order valence-electron chi connectivity index (χ2n) is 5.31. The molecule has 2 aromatic carbocycles. The molecule has 1 amide bonds. The van der Waals surface area contributed by atoms with Gasteiger partial charge in [0.25, 0.3) is 0 Å². The van der Waals surface area contributed by atoms with E-state index in [1.54, 1.807) is 14.1 Å². The van der Waals surface area contributed by atoms with Crippen LogP contribution in [0.25, 0.3) is 0 Å². The Hall–Kier alpha value is -3.07. The smallest absolute Gasteiger partial charge is 0.249 e. The van der Waals surface area contributed by atoms with Gasteiger partial charge in [0.2, 0.25) is 5.91 Å². The molecule has 0 saturated heterocycles. The minimum absolute atomic E-state index is 0.156. The van der Waals surface area contributed by atoms with Gasteiger partial charge in [-0.15, -0.1) is 0 Å². The fourth-order valence-corrected chi connectivity index (χ4v) is 2.19. The first-order chi connectivity index (χ1) is 11.5. The molecule has 0 heterocycles. The van der Waals surface area contributed by atoms with Crippen LogP contribution in [0, 0.1) is 17.1 Å². The Balaban J connectivity index is 2.36. The minimum atomic E-state index is -0.656. The first-order valence-electron chi connectivity index (χ1n) is 7.35. The van der Waals surface area contributed by atoms with E-state index in [9.17, 15) is 9.18 Å². The van der Waals surface area contributed by atoms with Crippen molar-refractivity contribution in [2.24, 2.45) is 0 Å². The summed E-state index contributed by atoms with van der Waals surface area (Å²) in [4.78, 5) is 14.0. The topological polar surface area (TPSA) is 65.4 Å². The zero-order valence-corrected chi connectivity index (χ0v) is 13.5. The fraction of sp³-hybridized carbons (Fsp3) is 0.222. The average Bonchev–Trinajstić information content (AvgIpc) is 2.59. The molecule has 0 bridgehead atoms. The Bertz CT molecular complexity index is 742. The molecule has 0 radical (unpaired) electrons. The van der Waals surface area contributed by atoms with Crippen molar-refractivity contribution < 1.29 is 13.9 Å². The molecule has 1 N–H and O–H groups in total. The number of carbonyl (C=O) groups excluding carboxylic acids is 1. The van der Waals surface area contributed by atoms with Crippen LogP contribution in [0.5, 0.6) is 5.75 Å². The molecular weight excluding hydrogens is 309 g/mol. The lowest BCUT2D eigenvalue weighted by molar-refractivity contribution is -0.129. The standard InChI is InChI=1S/C18H18FN3O2/c1-22(2)18(23)17(13-6-4-3-5-7-13)21-15-9-8-14(19)12-16(15)24-11-10-20/h3-9,12,17,21H,11H2,1-2H3. The van der Waals surface area contributed by atoms with Crippen molar-refractivity contribution in [3.8, 4) is 11.8 Å². The summed E-state index contributed by atoms with van der Waals surface area (Å²) in [6.45, 7) is -0.213. The van der Waals surface area contributed by atoms with Gasteiger partial charge in [0, 0.05) is 20.2 Å². The molecule has 0 saturated carbocycles. The van der Waals surface area contributed by atoms with Crippen molar-refractivity contribution in [1.82, 2.24) is 4.90 Å². The highest BCUT2D eigenvalue weighted by Gasteiger charge is 2.23. The number of rotatable bonds is 6. The number of anilines is 1. The predicted molar refractivity (Wildman–Crippen MR) is 89.0 cm³/mol. The molecule has 2 rings (SSSR count). The Morgan fingerprint density at radius 2 is 2.00 bits per heavy atom. The van der Waals surface area contributed by atoms with Crippen LogP contribution in [0.3, 0.4) is 0 Å². The first kappa shape index (κ1) is 17.3. The third-order valence-corrected chi connectivity index (χ3v) is 3.36. The molecule has 0 aliphatic carbocycles. The van der Waals surface area contributed by atoms with E-state index in [4.69, 9.17) is 10.00 Å². The number of nitriles is 1. The summed E-state index contributed by atoms with van der Waals surface area (Å²) in [6, 6.07) is 14.3. The number of likely N-dealkylation sites (N-methyl/N-ethyl adjacent to an activating group) is 1. The highest BCUT2D eigenvalue weighted by Crippen LogP contribution is 2.30. The van der Waals surface area contributed by atoms with Crippen LogP contribution in [0.4, 0.5) is 10.1 Å². The number of hydrogen-bond donors (Lipinski definition) is 1. The number of ether oxygens (including phenoxy) is 1. The fourth-order valence-electron chi connectivity index (χ4n) is 2.19. The molecule has 0 aliphatic heterocycles. The van der Waals surface area contributed by atoms with E-state index >= 15 is 0 Å². The van der Waals surface area contributed by atoms with Crippen molar-refractivity contribution in [2.45, 2.75) is 6.04 Å². The average molecular weight is 327 g/mol. The molecule has 5 nitrogen and oxygen atoms in total. The summed E-state index contributed by atoms with van der Waals surface area (Å²) in [6.07, 6.45) is 0. The van der Waals surface area contributed by atoms with E-state index in [0.717, 1.165) is 5.56 Å². The number of carbonyl (C=O) groups is 1. The Morgan fingerprint density at radius 3 is 2.62 bits per heavy atom. The molecule has 6 heteroatoms. The van der Waals surface area contributed by atoms with Crippen molar-refractivity contribution in [3.05, 3.63) is 59.9 Å². The monoisotopic (exact) mass is 327 g/mol. The van der Waals surface area contributed by atoms with Crippen molar-refractivity contribution in [2.75, 3.05) is 26.0 Å². The zero-order chi connectivity index (χ0) is 17.5. The van der Waals surface area contributed by atoms with E-state index in [1.165, 1.54) is 23.1 Å². The molecule has 124 valence electrons. The molecule has 0 fully saturated rings. The maximum absolute atomic E-state index is 13.5. The lowest BCUT2D eigenvalue weighted by atomic mass is 10.1. The van der Waals surface area contributed by atoms with Gasteiger partial charge in [0.1, 0.15) is 23.7 Å². The third kappa shape index (κ3) is 4.23. The second kappa shape index (κ2) is 7.97. The zero-order valence-electron chi connectivity index (χ0n) is 13.5. The maximum atomic E-state index is 13.5. The first-order valence-corrected chi connectivity index (χ1v) is 7.35. The van der Waals surface area contributed by atoms with Gasteiger partial charge in [-0.1, -0.05) is 30.3 Å². The SMILES string of the molecule is CN(C)C(=O)C(Nc1ccc(F)cc1OCC#N)c1ccccc1. The van der Waals surface area contributed by atoms with Crippen LogP contribution in [-0.4, -0.2) is 31.5 Å². The molecule has 24 heavy (non-hydrogen) atoms. The Kier molecular flexibility index (Phi) is 5.74. The highest BCUT2D eigenvalue weighted by molar-refractivity contribution is 5.86. The molecular formula is C18H18FN3O2. The summed E-state index contributed by atoms with van der Waals surface area (Å²) in [7, 11) is 3.33. The quantitative estimate of drug-likeness (QED) is 0.886. The van der Waals surface area contributed by atoms with Crippen molar-refractivity contribution in [1.29, 1.82) is 5.26 Å². The van der Waals surface area contributed by atoms with Gasteiger partial charge in [0.05, 0.1) is 5.69 Å². The minimum Gasteiger partial charge on any atom is -0.476 e. The number of nitrogens with one attached hydrogen (secondary N) is 1. The van der Waals surface area contributed by atoms with Crippen molar-refractivity contribution in [3.63, 3.8) is 0 Å². The summed E-state index contributed by atoms with van der Waals surface area (Å²) in [5.41, 5.74) is 1.21.